The fraction of sp³-hybridized carbons (Fsp3) is 0.400. The molecule has 1 heterocycles. The number of pyridine rings is 1. The van der Waals surface area contributed by atoms with Crippen molar-refractivity contribution >= 4 is 5.97 Å². The Hall–Kier alpha value is -2.20. The van der Waals surface area contributed by atoms with Gasteiger partial charge >= 0.3 is 5.97 Å². The molecule has 0 radical (unpaired) electrons. The van der Waals surface area contributed by atoms with E-state index in [4.69, 9.17) is 4.74 Å². The SMILES string of the molecule is O=C(OCc1ccncc1)C(O)(c1ccccc1)C1CCCCC1. The number of rotatable bonds is 5. The molecular weight excluding hydrogens is 302 g/mol. The highest BCUT2D eigenvalue weighted by molar-refractivity contribution is 5.81. The quantitative estimate of drug-likeness (QED) is 0.854. The third-order valence-corrected chi connectivity index (χ3v) is 4.84. The number of nitrogens with zero attached hydrogens (tertiary/aromatic N) is 1. The molecule has 4 nitrogen and oxygen atoms in total. The van der Waals surface area contributed by atoms with Gasteiger partial charge in [-0.2, -0.15) is 0 Å². The van der Waals surface area contributed by atoms with Crippen molar-refractivity contribution in [1.82, 2.24) is 4.98 Å². The summed E-state index contributed by atoms with van der Waals surface area (Å²) in [6.45, 7) is 0.142. The molecule has 0 amide bonds. The van der Waals surface area contributed by atoms with E-state index in [1.54, 1.807) is 24.5 Å². The van der Waals surface area contributed by atoms with E-state index in [-0.39, 0.29) is 12.5 Å². The molecule has 1 atom stereocenters. The molecule has 1 N–H and O–H groups in total. The summed E-state index contributed by atoms with van der Waals surface area (Å²) in [4.78, 5) is 16.8. The molecular formula is C20H23NO3. The Morgan fingerprint density at radius 2 is 1.75 bits per heavy atom. The van der Waals surface area contributed by atoms with Crippen LogP contribution in [-0.2, 0) is 21.7 Å². The number of aliphatic hydroxyl groups is 1. The second-order valence-corrected chi connectivity index (χ2v) is 6.40. The molecule has 0 aliphatic heterocycles. The first-order valence-electron chi connectivity index (χ1n) is 8.55. The molecule has 1 fully saturated rings. The normalized spacial score (nSPS) is 17.9. The van der Waals surface area contributed by atoms with Gasteiger partial charge in [0, 0.05) is 18.3 Å². The minimum atomic E-state index is -1.57. The molecule has 1 unspecified atom stereocenters. The van der Waals surface area contributed by atoms with Crippen LogP contribution >= 0.6 is 0 Å². The molecule has 2 aromatic rings. The summed E-state index contributed by atoms with van der Waals surface area (Å²) in [5.74, 6) is -0.656. The van der Waals surface area contributed by atoms with Gasteiger partial charge in [0.1, 0.15) is 6.61 Å². The molecule has 0 saturated heterocycles. The van der Waals surface area contributed by atoms with Crippen LogP contribution in [0.3, 0.4) is 0 Å². The topological polar surface area (TPSA) is 59.4 Å². The van der Waals surface area contributed by atoms with Gasteiger partial charge in [-0.25, -0.2) is 4.79 Å². The second-order valence-electron chi connectivity index (χ2n) is 6.40. The number of hydrogen-bond acceptors (Lipinski definition) is 4. The van der Waals surface area contributed by atoms with Crippen molar-refractivity contribution in [2.45, 2.75) is 44.3 Å². The van der Waals surface area contributed by atoms with Crippen LogP contribution < -0.4 is 0 Å². The van der Waals surface area contributed by atoms with Crippen LogP contribution in [0.5, 0.6) is 0 Å². The molecule has 1 saturated carbocycles. The van der Waals surface area contributed by atoms with Gasteiger partial charge < -0.3 is 9.84 Å². The number of hydrogen-bond donors (Lipinski definition) is 1. The van der Waals surface area contributed by atoms with Crippen molar-refractivity contribution in [3.63, 3.8) is 0 Å². The van der Waals surface area contributed by atoms with Gasteiger partial charge in [-0.1, -0.05) is 49.6 Å². The number of esters is 1. The predicted octanol–water partition coefficient (Wildman–Crippen LogP) is 3.59. The second kappa shape index (κ2) is 7.58. The summed E-state index contributed by atoms with van der Waals surface area (Å²) in [6, 6.07) is 12.8. The van der Waals surface area contributed by atoms with Crippen LogP contribution in [-0.4, -0.2) is 16.1 Å². The molecule has 3 rings (SSSR count). The molecule has 1 aromatic carbocycles. The van der Waals surface area contributed by atoms with E-state index in [9.17, 15) is 9.90 Å². The Morgan fingerprint density at radius 1 is 1.08 bits per heavy atom. The Kier molecular flexibility index (Phi) is 5.26. The average Bonchev–Trinajstić information content (AvgIpc) is 2.67. The minimum absolute atomic E-state index is 0.0985. The van der Waals surface area contributed by atoms with E-state index in [0.717, 1.165) is 37.7 Å². The first-order valence-corrected chi connectivity index (χ1v) is 8.55. The van der Waals surface area contributed by atoms with Crippen LogP contribution in [0.25, 0.3) is 0 Å². The number of aromatic nitrogens is 1. The molecule has 24 heavy (non-hydrogen) atoms. The van der Waals surface area contributed by atoms with E-state index >= 15 is 0 Å². The van der Waals surface area contributed by atoms with Crippen molar-refractivity contribution in [3.05, 3.63) is 66.0 Å². The van der Waals surface area contributed by atoms with Crippen molar-refractivity contribution in [1.29, 1.82) is 0 Å². The van der Waals surface area contributed by atoms with Gasteiger partial charge in [-0.05, 0) is 36.1 Å². The summed E-state index contributed by atoms with van der Waals surface area (Å²) in [5.41, 5.74) is -0.0941. The number of benzene rings is 1. The number of ether oxygens (including phenoxy) is 1. The summed E-state index contributed by atoms with van der Waals surface area (Å²) < 4.78 is 5.48. The lowest BCUT2D eigenvalue weighted by Gasteiger charge is -2.36. The Morgan fingerprint density at radius 3 is 2.42 bits per heavy atom. The first-order chi connectivity index (χ1) is 11.7. The van der Waals surface area contributed by atoms with E-state index in [2.05, 4.69) is 4.98 Å². The third-order valence-electron chi connectivity index (χ3n) is 4.84. The largest absolute Gasteiger partial charge is 0.458 e. The summed E-state index contributed by atoms with van der Waals surface area (Å²) in [6.07, 6.45) is 8.25. The zero-order valence-corrected chi connectivity index (χ0v) is 13.7. The van der Waals surface area contributed by atoms with Crippen LogP contribution in [0.15, 0.2) is 54.9 Å². The maximum atomic E-state index is 12.9. The number of carbonyl (C=O) groups is 1. The molecule has 1 aromatic heterocycles. The Balaban J connectivity index is 1.82. The van der Waals surface area contributed by atoms with Crippen molar-refractivity contribution in [2.24, 2.45) is 5.92 Å². The lowest BCUT2D eigenvalue weighted by Crippen LogP contribution is -2.45. The van der Waals surface area contributed by atoms with Crippen LogP contribution in [0.2, 0.25) is 0 Å². The Bertz CT molecular complexity index is 653. The standard InChI is InChI=1S/C20H23NO3/c22-19(24-15-16-11-13-21-14-12-16)20(23,17-7-3-1-4-8-17)18-9-5-2-6-10-18/h1,3-4,7-8,11-14,18,23H,2,5-6,9-10,15H2. The fourth-order valence-electron chi connectivity index (χ4n) is 3.47. The summed E-state index contributed by atoms with van der Waals surface area (Å²) in [5, 5.41) is 11.4. The van der Waals surface area contributed by atoms with Gasteiger partial charge in [-0.3, -0.25) is 4.98 Å². The molecule has 4 heteroatoms. The van der Waals surface area contributed by atoms with E-state index in [1.165, 1.54) is 0 Å². The van der Waals surface area contributed by atoms with Gasteiger partial charge in [0.25, 0.3) is 0 Å². The Labute approximate surface area is 142 Å². The maximum Gasteiger partial charge on any atom is 0.343 e. The van der Waals surface area contributed by atoms with Crippen LogP contribution in [0, 0.1) is 5.92 Å². The van der Waals surface area contributed by atoms with Crippen LogP contribution in [0.1, 0.15) is 43.2 Å². The average molecular weight is 325 g/mol. The predicted molar refractivity (Wildman–Crippen MR) is 90.9 cm³/mol. The minimum Gasteiger partial charge on any atom is -0.458 e. The van der Waals surface area contributed by atoms with Gasteiger partial charge in [-0.15, -0.1) is 0 Å². The van der Waals surface area contributed by atoms with E-state index in [0.29, 0.717) is 5.56 Å². The molecule has 1 aliphatic carbocycles. The fourth-order valence-corrected chi connectivity index (χ4v) is 3.47. The lowest BCUT2D eigenvalue weighted by molar-refractivity contribution is -0.177. The smallest absolute Gasteiger partial charge is 0.343 e. The van der Waals surface area contributed by atoms with E-state index < -0.39 is 11.6 Å². The first kappa shape index (κ1) is 16.7. The highest BCUT2D eigenvalue weighted by atomic mass is 16.5. The maximum absolute atomic E-state index is 12.9. The third kappa shape index (κ3) is 3.49. The zero-order valence-electron chi connectivity index (χ0n) is 13.7. The summed E-state index contributed by atoms with van der Waals surface area (Å²) >= 11 is 0. The highest BCUT2D eigenvalue weighted by Gasteiger charge is 2.47. The van der Waals surface area contributed by atoms with Crippen molar-refractivity contribution < 1.29 is 14.6 Å². The zero-order chi connectivity index (χ0) is 16.8. The monoisotopic (exact) mass is 325 g/mol. The van der Waals surface area contributed by atoms with Gasteiger partial charge in [0.15, 0.2) is 5.60 Å². The lowest BCUT2D eigenvalue weighted by atomic mass is 9.73. The van der Waals surface area contributed by atoms with E-state index in [1.807, 2.05) is 30.3 Å². The molecule has 0 bridgehead atoms. The van der Waals surface area contributed by atoms with Crippen molar-refractivity contribution in [3.8, 4) is 0 Å². The molecule has 126 valence electrons. The van der Waals surface area contributed by atoms with Crippen molar-refractivity contribution in [2.75, 3.05) is 0 Å². The van der Waals surface area contributed by atoms with Gasteiger partial charge in [0.05, 0.1) is 0 Å². The van der Waals surface area contributed by atoms with Gasteiger partial charge in [0.2, 0.25) is 0 Å². The molecule has 0 spiro atoms. The van der Waals surface area contributed by atoms with Crippen LogP contribution in [0.4, 0.5) is 0 Å². The molecule has 1 aliphatic rings. The number of carbonyl (C=O) groups excluding carboxylic acids is 1. The highest BCUT2D eigenvalue weighted by Crippen LogP contribution is 2.40. The summed E-state index contributed by atoms with van der Waals surface area (Å²) in [7, 11) is 0.